The third kappa shape index (κ3) is 4.68. The Bertz CT molecular complexity index is 971. The zero-order chi connectivity index (χ0) is 19.4. The second-order valence-corrected chi connectivity index (χ2v) is 6.21. The third-order valence-corrected chi connectivity index (χ3v) is 4.20. The fourth-order valence-corrected chi connectivity index (χ4v) is 2.75. The van der Waals surface area contributed by atoms with Crippen LogP contribution < -0.4 is 10.6 Å². The lowest BCUT2D eigenvalue weighted by atomic mass is 10.2. The number of amides is 1. The van der Waals surface area contributed by atoms with Gasteiger partial charge >= 0.3 is 6.18 Å². The van der Waals surface area contributed by atoms with E-state index in [4.69, 9.17) is 11.6 Å². The summed E-state index contributed by atoms with van der Waals surface area (Å²) < 4.78 is 38.3. The first kappa shape index (κ1) is 19.0. The van der Waals surface area contributed by atoms with Crippen LogP contribution in [-0.4, -0.2) is 17.4 Å². The Labute approximate surface area is 158 Å². The van der Waals surface area contributed by atoms with Gasteiger partial charge in [0, 0.05) is 24.5 Å². The minimum Gasteiger partial charge on any atom is -0.383 e. The third-order valence-electron chi connectivity index (χ3n) is 3.87. The number of hydrogen-bond acceptors (Lipinski definition) is 3. The van der Waals surface area contributed by atoms with Gasteiger partial charge in [-0.15, -0.1) is 0 Å². The number of fused-ring (bicyclic) bond motifs is 1. The first-order valence-electron chi connectivity index (χ1n) is 8.09. The molecule has 0 fully saturated rings. The van der Waals surface area contributed by atoms with Crippen molar-refractivity contribution in [2.75, 3.05) is 17.2 Å². The Hall–Kier alpha value is -2.80. The molecule has 8 heteroatoms. The standard InChI is InChI=1S/C19H15ClF3N3O/c20-14-7-6-13(19(21,22)23)11-16(14)24-10-8-17(27)26-15-5-1-3-12-4-2-9-25-18(12)15/h1-7,9,11,24H,8,10H2,(H,26,27). The van der Waals surface area contributed by atoms with Crippen molar-refractivity contribution in [3.63, 3.8) is 0 Å². The van der Waals surface area contributed by atoms with E-state index in [-0.39, 0.29) is 29.6 Å². The van der Waals surface area contributed by atoms with Gasteiger partial charge < -0.3 is 10.6 Å². The van der Waals surface area contributed by atoms with Gasteiger partial charge in [-0.2, -0.15) is 13.2 Å². The molecule has 0 spiro atoms. The molecule has 0 aliphatic rings. The molecule has 0 atom stereocenters. The molecular formula is C19H15ClF3N3O. The molecule has 0 bridgehead atoms. The summed E-state index contributed by atoms with van der Waals surface area (Å²) in [7, 11) is 0. The molecule has 2 N–H and O–H groups in total. The number of pyridine rings is 1. The number of para-hydroxylation sites is 1. The zero-order valence-corrected chi connectivity index (χ0v) is 14.7. The summed E-state index contributed by atoms with van der Waals surface area (Å²) in [6.45, 7) is 0.130. The molecule has 140 valence electrons. The van der Waals surface area contributed by atoms with E-state index in [9.17, 15) is 18.0 Å². The summed E-state index contributed by atoms with van der Waals surface area (Å²) in [5, 5.41) is 6.58. The SMILES string of the molecule is O=C(CCNc1cc(C(F)(F)F)ccc1Cl)Nc1cccc2cccnc12. The molecule has 4 nitrogen and oxygen atoms in total. The van der Waals surface area contributed by atoms with E-state index in [1.54, 1.807) is 24.4 Å². The molecule has 3 rings (SSSR count). The van der Waals surface area contributed by atoms with Gasteiger partial charge in [-0.3, -0.25) is 9.78 Å². The number of alkyl halides is 3. The maximum Gasteiger partial charge on any atom is 0.416 e. The van der Waals surface area contributed by atoms with Crippen molar-refractivity contribution >= 4 is 39.8 Å². The molecular weight excluding hydrogens is 379 g/mol. The second kappa shape index (κ2) is 7.84. The number of aromatic nitrogens is 1. The topological polar surface area (TPSA) is 54.0 Å². The summed E-state index contributed by atoms with van der Waals surface area (Å²) in [4.78, 5) is 16.4. The number of hydrogen-bond donors (Lipinski definition) is 2. The predicted molar refractivity (Wildman–Crippen MR) is 99.9 cm³/mol. The molecule has 1 amide bonds. The fraction of sp³-hybridized carbons (Fsp3) is 0.158. The Morgan fingerprint density at radius 2 is 1.85 bits per heavy atom. The van der Waals surface area contributed by atoms with E-state index < -0.39 is 11.7 Å². The lowest BCUT2D eigenvalue weighted by molar-refractivity contribution is -0.137. The number of carbonyl (C=O) groups is 1. The number of rotatable bonds is 5. The lowest BCUT2D eigenvalue weighted by Crippen LogP contribution is -2.17. The Balaban J connectivity index is 1.62. The van der Waals surface area contributed by atoms with Crippen LogP contribution in [0.2, 0.25) is 5.02 Å². The quantitative estimate of drug-likeness (QED) is 0.614. The van der Waals surface area contributed by atoms with Crippen LogP contribution in [0.5, 0.6) is 0 Å². The van der Waals surface area contributed by atoms with Crippen molar-refractivity contribution in [3.05, 3.63) is 65.3 Å². The highest BCUT2D eigenvalue weighted by Gasteiger charge is 2.30. The Morgan fingerprint density at radius 1 is 1.07 bits per heavy atom. The Morgan fingerprint density at radius 3 is 2.63 bits per heavy atom. The number of benzene rings is 2. The van der Waals surface area contributed by atoms with E-state index in [1.165, 1.54) is 6.07 Å². The first-order chi connectivity index (χ1) is 12.8. The number of halogens is 4. The molecule has 27 heavy (non-hydrogen) atoms. The highest BCUT2D eigenvalue weighted by atomic mass is 35.5. The second-order valence-electron chi connectivity index (χ2n) is 5.80. The van der Waals surface area contributed by atoms with E-state index in [0.717, 1.165) is 17.5 Å². The smallest absolute Gasteiger partial charge is 0.383 e. The molecule has 2 aromatic carbocycles. The van der Waals surface area contributed by atoms with Crippen LogP contribution in [0, 0.1) is 0 Å². The molecule has 0 saturated heterocycles. The zero-order valence-electron chi connectivity index (χ0n) is 14.0. The van der Waals surface area contributed by atoms with Crippen LogP contribution >= 0.6 is 11.6 Å². The van der Waals surface area contributed by atoms with E-state index in [0.29, 0.717) is 11.2 Å². The van der Waals surface area contributed by atoms with Gasteiger partial charge in [0.2, 0.25) is 5.91 Å². The van der Waals surface area contributed by atoms with Crippen molar-refractivity contribution < 1.29 is 18.0 Å². The van der Waals surface area contributed by atoms with Gasteiger partial charge in [-0.1, -0.05) is 29.8 Å². The average molecular weight is 394 g/mol. The van der Waals surface area contributed by atoms with Crippen LogP contribution in [0.15, 0.2) is 54.7 Å². The van der Waals surface area contributed by atoms with Crippen LogP contribution in [0.1, 0.15) is 12.0 Å². The summed E-state index contributed by atoms with van der Waals surface area (Å²) in [6.07, 6.45) is -2.77. The minimum absolute atomic E-state index is 0.0514. The molecule has 0 aliphatic carbocycles. The lowest BCUT2D eigenvalue weighted by Gasteiger charge is -2.12. The van der Waals surface area contributed by atoms with Gasteiger partial charge in [0.1, 0.15) is 0 Å². The van der Waals surface area contributed by atoms with Gasteiger partial charge in [0.05, 0.1) is 27.5 Å². The van der Waals surface area contributed by atoms with Crippen molar-refractivity contribution in [1.29, 1.82) is 0 Å². The maximum atomic E-state index is 12.8. The summed E-state index contributed by atoms with van der Waals surface area (Å²) >= 11 is 5.92. The number of carbonyl (C=O) groups excluding carboxylic acids is 1. The molecule has 3 aromatic rings. The average Bonchev–Trinajstić information content (AvgIpc) is 2.62. The van der Waals surface area contributed by atoms with Gasteiger partial charge in [0.15, 0.2) is 0 Å². The normalized spacial score (nSPS) is 11.4. The summed E-state index contributed by atoms with van der Waals surface area (Å²) in [5.74, 6) is -0.288. The minimum atomic E-state index is -4.46. The van der Waals surface area contributed by atoms with Crippen molar-refractivity contribution in [2.24, 2.45) is 0 Å². The fourth-order valence-electron chi connectivity index (χ4n) is 2.57. The van der Waals surface area contributed by atoms with Gasteiger partial charge in [-0.05, 0) is 30.3 Å². The van der Waals surface area contributed by atoms with E-state index in [1.807, 2.05) is 12.1 Å². The van der Waals surface area contributed by atoms with Crippen molar-refractivity contribution in [1.82, 2.24) is 4.98 Å². The van der Waals surface area contributed by atoms with Crippen molar-refractivity contribution in [2.45, 2.75) is 12.6 Å². The number of nitrogens with zero attached hydrogens (tertiary/aromatic N) is 1. The summed E-state index contributed by atoms with van der Waals surface area (Å²) in [6, 6.07) is 12.1. The van der Waals surface area contributed by atoms with Crippen LogP contribution in [0.3, 0.4) is 0 Å². The predicted octanol–water partition coefficient (Wildman–Crippen LogP) is 5.35. The first-order valence-corrected chi connectivity index (χ1v) is 8.46. The van der Waals surface area contributed by atoms with Gasteiger partial charge in [0.25, 0.3) is 0 Å². The molecule has 1 aromatic heterocycles. The number of anilines is 2. The van der Waals surface area contributed by atoms with Crippen LogP contribution in [-0.2, 0) is 11.0 Å². The molecule has 0 unspecified atom stereocenters. The van der Waals surface area contributed by atoms with E-state index >= 15 is 0 Å². The van der Waals surface area contributed by atoms with Crippen molar-refractivity contribution in [3.8, 4) is 0 Å². The summed E-state index contributed by atoms with van der Waals surface area (Å²) in [5.41, 5.74) is 0.573. The van der Waals surface area contributed by atoms with Crippen LogP contribution in [0.25, 0.3) is 10.9 Å². The molecule has 0 saturated carbocycles. The molecule has 0 aliphatic heterocycles. The van der Waals surface area contributed by atoms with Crippen LogP contribution in [0.4, 0.5) is 24.5 Å². The largest absolute Gasteiger partial charge is 0.416 e. The number of nitrogens with one attached hydrogen (secondary N) is 2. The van der Waals surface area contributed by atoms with E-state index in [2.05, 4.69) is 15.6 Å². The molecule has 1 heterocycles. The highest BCUT2D eigenvalue weighted by molar-refractivity contribution is 6.33. The maximum absolute atomic E-state index is 12.8. The Kier molecular flexibility index (Phi) is 5.51. The molecule has 0 radical (unpaired) electrons. The monoisotopic (exact) mass is 393 g/mol. The highest BCUT2D eigenvalue weighted by Crippen LogP contribution is 2.33. The van der Waals surface area contributed by atoms with Gasteiger partial charge in [-0.25, -0.2) is 0 Å².